The minimum Gasteiger partial charge on any atom is -0.483 e. The molecule has 2 aliphatic carbocycles. The fourth-order valence-electron chi connectivity index (χ4n) is 8.39. The molecule has 3 heterocycles. The van der Waals surface area contributed by atoms with Crippen LogP contribution in [0.2, 0.25) is 5.02 Å². The van der Waals surface area contributed by atoms with Crippen LogP contribution < -0.4 is 14.9 Å². The van der Waals surface area contributed by atoms with E-state index in [1.807, 2.05) is 45.0 Å². The molecule has 3 fully saturated rings. The van der Waals surface area contributed by atoms with Crippen LogP contribution in [-0.4, -0.2) is 56.6 Å². The number of aryl methyl sites for hydroxylation is 1. The second-order valence-electron chi connectivity index (χ2n) is 13.3. The predicted octanol–water partition coefficient (Wildman–Crippen LogP) is 5.39. The first-order valence-corrected chi connectivity index (χ1v) is 17.8. The molecule has 3 N–H and O–H groups in total. The average molecular weight is 696 g/mol. The highest BCUT2D eigenvalue weighted by Gasteiger charge is 2.70. The number of thiazole rings is 1. The van der Waals surface area contributed by atoms with Gasteiger partial charge < -0.3 is 20.1 Å². The van der Waals surface area contributed by atoms with Gasteiger partial charge in [0.2, 0.25) is 11.8 Å². The first-order chi connectivity index (χ1) is 22.4. The molecule has 0 spiro atoms. The fraction of sp³-hybridized carbons (Fsp3) is 0.441. The zero-order valence-corrected chi connectivity index (χ0v) is 28.3. The van der Waals surface area contributed by atoms with Crippen molar-refractivity contribution >= 4 is 64.1 Å². The summed E-state index contributed by atoms with van der Waals surface area (Å²) >= 11 is 9.21. The van der Waals surface area contributed by atoms with Crippen molar-refractivity contribution in [3.05, 3.63) is 73.2 Å². The van der Waals surface area contributed by atoms with E-state index in [1.165, 1.54) is 11.8 Å². The highest BCUT2D eigenvalue weighted by molar-refractivity contribution is 8.00. The van der Waals surface area contributed by atoms with E-state index in [9.17, 15) is 29.1 Å². The number of hydrogen-bond donors (Lipinski definition) is 3. The number of nitrogens with one attached hydrogen (secondary N) is 2. The number of nitrogens with zero attached hydrogens (tertiary/aromatic N) is 1. The van der Waals surface area contributed by atoms with Gasteiger partial charge in [-0.3, -0.25) is 24.1 Å². The van der Waals surface area contributed by atoms with E-state index in [1.54, 1.807) is 18.2 Å². The van der Waals surface area contributed by atoms with Crippen LogP contribution in [0.15, 0.2) is 52.3 Å². The lowest BCUT2D eigenvalue weighted by Crippen LogP contribution is -2.47. The van der Waals surface area contributed by atoms with E-state index in [4.69, 9.17) is 16.3 Å². The molecule has 1 saturated heterocycles. The summed E-state index contributed by atoms with van der Waals surface area (Å²) in [6.07, 6.45) is 0.834. The number of hydrogen-bond acceptors (Lipinski definition) is 8. The van der Waals surface area contributed by atoms with Crippen LogP contribution in [0.4, 0.5) is 5.69 Å². The van der Waals surface area contributed by atoms with Crippen LogP contribution in [-0.2, 0) is 19.2 Å². The van der Waals surface area contributed by atoms with E-state index in [-0.39, 0.29) is 52.7 Å². The molecule has 47 heavy (non-hydrogen) atoms. The molecule has 10 nitrogen and oxygen atoms in total. The van der Waals surface area contributed by atoms with Gasteiger partial charge in [0.25, 0.3) is 5.91 Å². The van der Waals surface area contributed by atoms with Gasteiger partial charge in [0.1, 0.15) is 11.8 Å². The zero-order valence-electron chi connectivity index (χ0n) is 25.9. The summed E-state index contributed by atoms with van der Waals surface area (Å²) in [5.74, 6) is -4.07. The number of likely N-dealkylation sites (tertiary alicyclic amines) is 1. The van der Waals surface area contributed by atoms with Gasteiger partial charge in [-0.15, -0.1) is 11.8 Å². The van der Waals surface area contributed by atoms with Crippen molar-refractivity contribution in [2.45, 2.75) is 55.8 Å². The fourth-order valence-corrected chi connectivity index (χ4v) is 11.5. The van der Waals surface area contributed by atoms with Crippen LogP contribution >= 0.6 is 34.7 Å². The Kier molecular flexibility index (Phi) is 8.25. The molecule has 3 amide bonds. The van der Waals surface area contributed by atoms with E-state index in [0.717, 1.165) is 31.7 Å². The molecular formula is C34H34ClN3O7S2. The van der Waals surface area contributed by atoms with Gasteiger partial charge in [0.05, 0.1) is 16.9 Å². The van der Waals surface area contributed by atoms with Crippen LogP contribution in [0, 0.1) is 42.4 Å². The summed E-state index contributed by atoms with van der Waals surface area (Å²) in [5.41, 5.74) is 2.31. The maximum atomic E-state index is 14.0. The lowest BCUT2D eigenvalue weighted by Gasteiger charge is -2.43. The van der Waals surface area contributed by atoms with E-state index >= 15 is 0 Å². The summed E-state index contributed by atoms with van der Waals surface area (Å²) in [4.78, 5) is 70.5. The number of aromatic amines is 1. The van der Waals surface area contributed by atoms with Crippen molar-refractivity contribution in [2.24, 2.45) is 35.5 Å². The summed E-state index contributed by atoms with van der Waals surface area (Å²) in [7, 11) is 0. The third-order valence-electron chi connectivity index (χ3n) is 10.1. The Morgan fingerprint density at radius 2 is 1.83 bits per heavy atom. The Balaban J connectivity index is 1.23. The molecule has 2 saturated carbocycles. The average Bonchev–Trinajstić information content (AvgIpc) is 3.75. The van der Waals surface area contributed by atoms with Crippen LogP contribution in [0.3, 0.4) is 0 Å². The number of anilines is 1. The molecule has 8 atom stereocenters. The lowest BCUT2D eigenvalue weighted by molar-refractivity contribution is -0.156. The maximum absolute atomic E-state index is 14.0. The van der Waals surface area contributed by atoms with E-state index in [0.29, 0.717) is 28.4 Å². The first kappa shape index (κ1) is 32.0. The molecule has 13 heteroatoms. The Hall–Kier alpha value is -3.61. The molecule has 7 rings (SSSR count). The number of amides is 3. The van der Waals surface area contributed by atoms with Crippen molar-refractivity contribution in [3.63, 3.8) is 0 Å². The van der Waals surface area contributed by atoms with Gasteiger partial charge in [-0.25, -0.2) is 4.79 Å². The third-order valence-corrected chi connectivity index (χ3v) is 13.0. The monoisotopic (exact) mass is 695 g/mol. The number of fused-ring (bicyclic) bond motifs is 9. The standard InChI is InChI=1S/C34H34ClN3O7S2/c1-14(2)10-21(33(42)43)38-31(40)26-18-12-19(27(26)32(38)41)28-25(18)24(29-30(46-28)37-34(44)47-29)17-11-16(35)8-9-22(17)45-13-23(39)36-20-7-5-4-6-15(20)3/h4-9,11,14,18-19,21,24-28H,10,12-13H2,1-3H3,(H,36,39)(H,37,44)(H,42,43)/t18?,19?,21?,24-,25?,26?,27?,28?/m1/s1. The summed E-state index contributed by atoms with van der Waals surface area (Å²) < 4.78 is 6.15. The number of aliphatic carboxylic acids is 1. The van der Waals surface area contributed by atoms with Crippen molar-refractivity contribution < 1.29 is 29.0 Å². The molecule has 1 aromatic heterocycles. The minimum absolute atomic E-state index is 0.0239. The molecule has 2 aromatic carbocycles. The summed E-state index contributed by atoms with van der Waals surface area (Å²) in [5, 5.41) is 14.0. The highest BCUT2D eigenvalue weighted by atomic mass is 35.5. The van der Waals surface area contributed by atoms with Gasteiger partial charge in [-0.1, -0.05) is 55.0 Å². The topological polar surface area (TPSA) is 146 Å². The Labute approximate surface area is 284 Å². The number of thioether (sulfide) groups is 1. The normalized spacial score (nSPS) is 27.9. The van der Waals surface area contributed by atoms with Gasteiger partial charge in [0.15, 0.2) is 6.61 Å². The Bertz CT molecular complexity index is 1860. The molecule has 2 bridgehead atoms. The number of H-pyrrole nitrogens is 1. The number of carboxylic acids is 1. The van der Waals surface area contributed by atoms with Crippen LogP contribution in [0.25, 0.3) is 0 Å². The summed E-state index contributed by atoms with van der Waals surface area (Å²) in [6.45, 7) is 5.38. The number of rotatable bonds is 9. The molecule has 7 unspecified atom stereocenters. The van der Waals surface area contributed by atoms with Gasteiger partial charge in [-0.05, 0) is 73.3 Å². The molecule has 0 radical (unpaired) electrons. The van der Waals surface area contributed by atoms with Crippen molar-refractivity contribution in [1.29, 1.82) is 0 Å². The van der Waals surface area contributed by atoms with Crippen molar-refractivity contribution in [2.75, 3.05) is 11.9 Å². The van der Waals surface area contributed by atoms with E-state index < -0.39 is 41.6 Å². The number of ether oxygens (including phenoxy) is 1. The van der Waals surface area contributed by atoms with Gasteiger partial charge in [-0.2, -0.15) is 0 Å². The number of benzene rings is 2. The predicted molar refractivity (Wildman–Crippen MR) is 178 cm³/mol. The maximum Gasteiger partial charge on any atom is 0.326 e. The number of carbonyl (C=O) groups excluding carboxylic acids is 3. The minimum atomic E-state index is -1.21. The number of halogens is 1. The summed E-state index contributed by atoms with van der Waals surface area (Å²) in [6, 6.07) is 11.4. The number of imide groups is 1. The molecule has 246 valence electrons. The zero-order chi connectivity index (χ0) is 33.3. The largest absolute Gasteiger partial charge is 0.483 e. The number of carbonyl (C=O) groups is 4. The smallest absolute Gasteiger partial charge is 0.326 e. The Morgan fingerprint density at radius 1 is 1.11 bits per heavy atom. The van der Waals surface area contributed by atoms with Gasteiger partial charge in [0, 0.05) is 32.3 Å². The molecule has 4 aliphatic rings. The molecule has 2 aliphatic heterocycles. The lowest BCUT2D eigenvalue weighted by atomic mass is 9.68. The number of aromatic nitrogens is 1. The van der Waals surface area contributed by atoms with E-state index in [2.05, 4.69) is 10.3 Å². The highest BCUT2D eigenvalue weighted by Crippen LogP contribution is 2.69. The first-order valence-electron chi connectivity index (χ1n) is 15.7. The Morgan fingerprint density at radius 3 is 2.53 bits per heavy atom. The second kappa shape index (κ2) is 12.1. The number of para-hydroxylation sites is 1. The second-order valence-corrected chi connectivity index (χ2v) is 16.0. The number of carboxylic acid groups (broad SMARTS) is 1. The third kappa shape index (κ3) is 5.38. The molecular weight excluding hydrogens is 662 g/mol. The van der Waals surface area contributed by atoms with Crippen LogP contribution in [0.5, 0.6) is 5.75 Å². The van der Waals surface area contributed by atoms with Gasteiger partial charge >= 0.3 is 10.8 Å². The van der Waals surface area contributed by atoms with Crippen molar-refractivity contribution in [3.8, 4) is 5.75 Å². The van der Waals surface area contributed by atoms with Crippen LogP contribution in [0.1, 0.15) is 48.6 Å². The van der Waals surface area contributed by atoms with Crippen molar-refractivity contribution in [1.82, 2.24) is 9.88 Å². The quantitative estimate of drug-likeness (QED) is 0.253. The molecule has 3 aromatic rings. The SMILES string of the molecule is Cc1ccccc1NC(=O)COc1ccc(Cl)cc1[C@H]1c2sc(=O)[nH]c2SC2C3CC(C4C(=O)N(C(CC(C)C)C(=O)O)C(=O)C34)C21.